The van der Waals surface area contributed by atoms with Gasteiger partial charge in [0.15, 0.2) is 11.5 Å². The maximum Gasteiger partial charge on any atom is 0.347 e. The maximum atomic E-state index is 15.4. The van der Waals surface area contributed by atoms with Gasteiger partial charge in [-0.3, -0.25) is 14.4 Å². The molecule has 0 radical (unpaired) electrons. The van der Waals surface area contributed by atoms with Crippen LogP contribution in [0.5, 0.6) is 17.2 Å². The Morgan fingerprint density at radius 3 is 2.34 bits per heavy atom. The van der Waals surface area contributed by atoms with Crippen molar-refractivity contribution in [3.63, 3.8) is 0 Å². The maximum absolute atomic E-state index is 15.4. The predicted octanol–water partition coefficient (Wildman–Crippen LogP) is 5.13. The zero-order chi connectivity index (χ0) is 41.5. The third-order valence-corrected chi connectivity index (χ3v) is 12.6. The minimum atomic E-state index is -1.56. The topological polar surface area (TPSA) is 160 Å². The Balaban J connectivity index is 1.18. The number of carbonyl (C=O) groups is 2. The number of benzene rings is 4. The largest absolute Gasteiger partial charge is 0.508 e. The van der Waals surface area contributed by atoms with Crippen LogP contribution in [0.4, 0.5) is 5.69 Å². The Labute approximate surface area is 345 Å². The van der Waals surface area contributed by atoms with E-state index in [1.54, 1.807) is 73.8 Å². The summed E-state index contributed by atoms with van der Waals surface area (Å²) in [6.45, 7) is -0.204. The standard InChI is InChI=1S/C43H36Cl2N6O8/c1-47-34-22-36(59-3)35(58-2)21-32(34)46-31(39(47)54)15-16-48-41(56)49-17-14-28-33(51(49)42(48)57)20-29-38(53)50(25-11-7-10-24(44)18-25)40(55)43(29,23-8-5-4-6-9-23)37(28)27-13-12-26(52)19-30(27)45/h4-14,18-19,21-22,29,33,37,52H,15-17,20H2,1-3H3. The van der Waals surface area contributed by atoms with Crippen LogP contribution in [0.3, 0.4) is 0 Å². The Bertz CT molecular complexity index is 2970. The van der Waals surface area contributed by atoms with Gasteiger partial charge in [0.05, 0.1) is 54.9 Å². The number of aromatic hydroxyl groups is 1. The Morgan fingerprint density at radius 2 is 1.63 bits per heavy atom. The van der Waals surface area contributed by atoms with Gasteiger partial charge < -0.3 is 19.1 Å². The molecule has 2 aromatic heterocycles. The number of halogens is 2. The van der Waals surface area contributed by atoms with Crippen molar-refractivity contribution in [2.45, 2.75) is 43.3 Å². The molecule has 4 heterocycles. The molecule has 1 aliphatic carbocycles. The number of aryl methyl sites for hydroxylation is 2. The first-order chi connectivity index (χ1) is 28.4. The Hall–Kier alpha value is -6.38. The number of anilines is 1. The van der Waals surface area contributed by atoms with Gasteiger partial charge in [-0.2, -0.15) is 0 Å². The van der Waals surface area contributed by atoms with Crippen LogP contribution in [0, 0.1) is 5.92 Å². The fourth-order valence-electron chi connectivity index (χ4n) is 9.43. The number of phenols is 1. The highest BCUT2D eigenvalue weighted by molar-refractivity contribution is 6.33. The normalized spacial score (nSPS) is 20.9. The van der Waals surface area contributed by atoms with Gasteiger partial charge in [-0.15, -0.1) is 0 Å². The van der Waals surface area contributed by atoms with E-state index < -0.39 is 52.0 Å². The third-order valence-electron chi connectivity index (χ3n) is 12.0. The van der Waals surface area contributed by atoms with Gasteiger partial charge in [-0.25, -0.2) is 33.4 Å². The van der Waals surface area contributed by atoms with Crippen LogP contribution in [-0.2, 0) is 41.6 Å². The van der Waals surface area contributed by atoms with Crippen LogP contribution < -0.4 is 31.3 Å². The number of allylic oxidation sites excluding steroid dienone is 2. The first kappa shape index (κ1) is 38.2. The predicted molar refractivity (Wildman–Crippen MR) is 220 cm³/mol. The minimum Gasteiger partial charge on any atom is -0.508 e. The molecule has 4 unspecified atom stereocenters. The lowest BCUT2D eigenvalue weighted by Crippen LogP contribution is -2.53. The summed E-state index contributed by atoms with van der Waals surface area (Å²) in [5.74, 6) is -2.23. The number of nitrogens with zero attached hydrogens (tertiary/aromatic N) is 6. The number of amides is 2. The highest BCUT2D eigenvalue weighted by Gasteiger charge is 2.68. The molecule has 1 N–H and O–H groups in total. The lowest BCUT2D eigenvalue weighted by molar-refractivity contribution is -0.124. The number of phenolic OH excluding ortho intramolecular Hbond substituents is 1. The molecule has 6 aromatic rings. The lowest BCUT2D eigenvalue weighted by Gasteiger charge is -2.49. The molecule has 16 heteroatoms. The molecular weight excluding hydrogens is 799 g/mol. The molecule has 2 aliphatic heterocycles. The van der Waals surface area contributed by atoms with Crippen molar-refractivity contribution in [1.29, 1.82) is 0 Å². The van der Waals surface area contributed by atoms with Crippen molar-refractivity contribution in [3.8, 4) is 17.2 Å². The van der Waals surface area contributed by atoms with Crippen LogP contribution in [-0.4, -0.2) is 54.6 Å². The first-order valence-electron chi connectivity index (χ1n) is 18.8. The second-order valence-corrected chi connectivity index (χ2v) is 15.7. The summed E-state index contributed by atoms with van der Waals surface area (Å²) < 4.78 is 16.0. The Morgan fingerprint density at radius 1 is 0.881 bits per heavy atom. The summed E-state index contributed by atoms with van der Waals surface area (Å²) in [4.78, 5) is 78.4. The molecule has 14 nitrogen and oxygen atoms in total. The van der Waals surface area contributed by atoms with Crippen molar-refractivity contribution >= 4 is 51.7 Å². The fraction of sp³-hybridized carbons (Fsp3) is 0.256. The van der Waals surface area contributed by atoms with Gasteiger partial charge in [0.25, 0.3) is 5.56 Å². The average molecular weight is 836 g/mol. The van der Waals surface area contributed by atoms with E-state index in [2.05, 4.69) is 4.98 Å². The number of hydrogen-bond donors (Lipinski definition) is 1. The monoisotopic (exact) mass is 834 g/mol. The summed E-state index contributed by atoms with van der Waals surface area (Å²) in [7, 11) is 4.59. The molecule has 2 amide bonds. The van der Waals surface area contributed by atoms with Gasteiger partial charge >= 0.3 is 11.4 Å². The molecule has 0 bridgehead atoms. The molecule has 1 saturated carbocycles. The van der Waals surface area contributed by atoms with Gasteiger partial charge in [-0.05, 0) is 53.5 Å². The van der Waals surface area contributed by atoms with Crippen LogP contribution in [0.15, 0.2) is 111 Å². The van der Waals surface area contributed by atoms with E-state index in [1.807, 2.05) is 12.1 Å². The summed E-state index contributed by atoms with van der Waals surface area (Å²) in [6.07, 6.45) is 1.76. The molecule has 3 aliphatic rings. The van der Waals surface area contributed by atoms with Crippen LogP contribution in [0.25, 0.3) is 11.0 Å². The number of aromatic nitrogens is 5. The highest BCUT2D eigenvalue weighted by Crippen LogP contribution is 2.63. The van der Waals surface area contributed by atoms with Crippen molar-refractivity contribution in [2.75, 3.05) is 19.1 Å². The molecule has 4 atom stereocenters. The molecule has 1 saturated heterocycles. The van der Waals surface area contributed by atoms with Crippen LogP contribution >= 0.6 is 23.2 Å². The molecule has 59 heavy (non-hydrogen) atoms. The molecule has 300 valence electrons. The van der Waals surface area contributed by atoms with Crippen molar-refractivity contribution < 1.29 is 24.2 Å². The number of imide groups is 1. The number of carbonyl (C=O) groups excluding carboxylic acids is 2. The summed E-state index contributed by atoms with van der Waals surface area (Å²) >= 11 is 13.4. The van der Waals surface area contributed by atoms with Gasteiger partial charge in [-0.1, -0.05) is 71.7 Å². The quantitative estimate of drug-likeness (QED) is 0.162. The summed E-state index contributed by atoms with van der Waals surface area (Å²) in [5, 5.41) is 10.9. The first-order valence-corrected chi connectivity index (χ1v) is 19.6. The number of methoxy groups -OCH3 is 2. The van der Waals surface area contributed by atoms with E-state index in [0.29, 0.717) is 44.3 Å². The zero-order valence-corrected chi connectivity index (χ0v) is 33.5. The smallest absolute Gasteiger partial charge is 0.347 e. The van der Waals surface area contributed by atoms with Gasteiger partial charge in [0.2, 0.25) is 11.8 Å². The van der Waals surface area contributed by atoms with Gasteiger partial charge in [0, 0.05) is 48.1 Å². The molecule has 2 fully saturated rings. The molecule has 4 aromatic carbocycles. The second kappa shape index (κ2) is 14.2. The lowest BCUT2D eigenvalue weighted by atomic mass is 9.53. The van der Waals surface area contributed by atoms with Crippen LogP contribution in [0.2, 0.25) is 10.0 Å². The third kappa shape index (κ3) is 5.60. The van der Waals surface area contributed by atoms with E-state index in [0.717, 1.165) is 9.47 Å². The molecular formula is C43H36Cl2N6O8. The van der Waals surface area contributed by atoms with Crippen molar-refractivity contribution in [2.24, 2.45) is 13.0 Å². The van der Waals surface area contributed by atoms with E-state index in [1.165, 1.54) is 40.3 Å². The Kier molecular flexibility index (Phi) is 9.16. The van der Waals surface area contributed by atoms with E-state index >= 15 is 4.79 Å². The number of hydrogen-bond acceptors (Lipinski definition) is 9. The van der Waals surface area contributed by atoms with E-state index in [4.69, 9.17) is 32.7 Å². The zero-order valence-electron chi connectivity index (χ0n) is 32.0. The fourth-order valence-corrected chi connectivity index (χ4v) is 9.90. The van der Waals surface area contributed by atoms with Crippen molar-refractivity contribution in [1.82, 2.24) is 23.5 Å². The molecule has 9 rings (SSSR count). The number of fused-ring (bicyclic) bond motifs is 5. The van der Waals surface area contributed by atoms with E-state index in [9.17, 15) is 24.3 Å². The minimum absolute atomic E-state index is 0.0179. The second-order valence-electron chi connectivity index (χ2n) is 14.9. The SMILES string of the molecule is COc1cc2nc(CCn3c(=O)n4n(c3=O)C3CC5C(=O)N(c6cccc(Cl)c6)C(=O)C5(c5ccccc5)C(c5ccc(O)cc5Cl)C3=CC4)c(=O)n(C)c2cc1OC. The van der Waals surface area contributed by atoms with E-state index in [-0.39, 0.29) is 48.1 Å². The summed E-state index contributed by atoms with van der Waals surface area (Å²) in [6, 6.07) is 22.4. The number of rotatable bonds is 8. The van der Waals surface area contributed by atoms with Crippen molar-refractivity contribution in [3.05, 3.63) is 155 Å². The van der Waals surface area contributed by atoms with Gasteiger partial charge in [0.1, 0.15) is 11.4 Å². The highest BCUT2D eigenvalue weighted by atomic mass is 35.5. The van der Waals surface area contributed by atoms with Crippen LogP contribution in [0.1, 0.15) is 35.2 Å². The summed E-state index contributed by atoms with van der Waals surface area (Å²) in [5.41, 5.74) is -0.207. The average Bonchev–Trinajstić information content (AvgIpc) is 3.61. The number of ether oxygens (including phenoxy) is 2. The molecule has 0 spiro atoms.